The Morgan fingerprint density at radius 2 is 1.13 bits per heavy atom. The minimum Gasteiger partial charge on any atom is -0.454 e. The van der Waals surface area contributed by atoms with Crippen LogP contribution in [-0.4, -0.2) is 11.3 Å². The highest BCUT2D eigenvalue weighted by molar-refractivity contribution is 6.91. The van der Waals surface area contributed by atoms with Gasteiger partial charge in [0, 0.05) is 49.7 Å². The molecule has 2 aromatic heterocycles. The fraction of sp³-hybridized carbons (Fsp3) is 0.254. The SMILES string of the molecule is Cc1cc2c(cc1N1c3cc4c(c5c3B(c3c1ccc1c3C(C)(C)c3ccccc3-1)n1c3c-5cccc3c3oc5ccccc5c31)-c1ccccc1C4(C)C)C(C)(C)CCC2(C)C. The van der Waals surface area contributed by atoms with Gasteiger partial charge in [-0.3, -0.25) is 0 Å². The zero-order valence-electron chi connectivity index (χ0n) is 37.8. The van der Waals surface area contributed by atoms with Crippen LogP contribution in [-0.2, 0) is 21.7 Å². The maximum atomic E-state index is 6.99. The van der Waals surface area contributed by atoms with E-state index in [4.69, 9.17) is 4.42 Å². The first-order valence-corrected chi connectivity index (χ1v) is 23.2. The highest BCUT2D eigenvalue weighted by Crippen LogP contribution is 2.59. The van der Waals surface area contributed by atoms with Crippen molar-refractivity contribution in [3.8, 4) is 33.4 Å². The van der Waals surface area contributed by atoms with Crippen molar-refractivity contribution >= 4 is 67.8 Å². The number of para-hydroxylation sites is 2. The molecule has 0 fully saturated rings. The van der Waals surface area contributed by atoms with Crippen molar-refractivity contribution in [1.29, 1.82) is 0 Å². The van der Waals surface area contributed by atoms with Gasteiger partial charge < -0.3 is 13.8 Å². The molecule has 0 radical (unpaired) electrons. The monoisotopic (exact) mass is 814 g/mol. The normalized spacial score (nSPS) is 18.2. The van der Waals surface area contributed by atoms with E-state index in [1.165, 1.54) is 135 Å². The molecule has 306 valence electrons. The summed E-state index contributed by atoms with van der Waals surface area (Å²) in [5.74, 6) is 0. The summed E-state index contributed by atoms with van der Waals surface area (Å²) in [5.41, 5.74) is 28.9. The maximum Gasteiger partial charge on any atom is 0.333 e. The number of aromatic nitrogens is 1. The Morgan fingerprint density at radius 3 is 1.90 bits per heavy atom. The molecule has 63 heavy (non-hydrogen) atoms. The Morgan fingerprint density at radius 1 is 0.492 bits per heavy atom. The van der Waals surface area contributed by atoms with Crippen molar-refractivity contribution < 1.29 is 4.42 Å². The third-order valence-corrected chi connectivity index (χ3v) is 16.9. The summed E-state index contributed by atoms with van der Waals surface area (Å²) in [6.07, 6.45) is 2.36. The van der Waals surface area contributed by atoms with Gasteiger partial charge in [-0.05, 0) is 145 Å². The lowest BCUT2D eigenvalue weighted by molar-refractivity contribution is 0.332. The third kappa shape index (κ3) is 4.16. The van der Waals surface area contributed by atoms with Crippen LogP contribution in [0.15, 0.2) is 126 Å². The zero-order chi connectivity index (χ0) is 42.9. The smallest absolute Gasteiger partial charge is 0.333 e. The number of hydrogen-bond donors (Lipinski definition) is 0. The van der Waals surface area contributed by atoms with Crippen LogP contribution in [0.25, 0.3) is 66.4 Å². The van der Waals surface area contributed by atoms with Crippen LogP contribution in [0, 0.1) is 6.92 Å². The number of aryl methyl sites for hydroxylation is 1. The van der Waals surface area contributed by atoms with E-state index in [9.17, 15) is 0 Å². The molecule has 0 bridgehead atoms. The van der Waals surface area contributed by atoms with E-state index in [0.29, 0.717) is 0 Å². The van der Waals surface area contributed by atoms with Gasteiger partial charge in [0.15, 0.2) is 5.58 Å². The van der Waals surface area contributed by atoms with Crippen LogP contribution >= 0.6 is 0 Å². The topological polar surface area (TPSA) is 21.3 Å². The molecule has 7 aromatic carbocycles. The summed E-state index contributed by atoms with van der Waals surface area (Å²) < 4.78 is 9.72. The second-order valence-corrected chi connectivity index (χ2v) is 21.9. The molecule has 0 N–H and O–H groups in total. The number of hydrogen-bond acceptors (Lipinski definition) is 2. The van der Waals surface area contributed by atoms with Crippen molar-refractivity contribution in [1.82, 2.24) is 4.48 Å². The molecule has 2 aliphatic heterocycles. The van der Waals surface area contributed by atoms with Gasteiger partial charge in [-0.1, -0.05) is 140 Å². The van der Waals surface area contributed by atoms with Crippen molar-refractivity contribution in [2.75, 3.05) is 4.90 Å². The molecule has 0 atom stereocenters. The number of benzene rings is 7. The van der Waals surface area contributed by atoms with E-state index >= 15 is 0 Å². The fourth-order valence-corrected chi connectivity index (χ4v) is 13.7. The first-order valence-electron chi connectivity index (χ1n) is 23.2. The van der Waals surface area contributed by atoms with E-state index in [1.54, 1.807) is 0 Å². The first kappa shape index (κ1) is 36.3. The standard InChI is InChI=1S/C59H51BN2O/c1-32-29-41-42(57(4,5)28-27-56(41,2)3)30-45(32)61-44-26-25-34-33-17-10-13-22-39(33)59(8,9)50(34)52(44)60-51-46(61)31-43-48(35-18-11-14-23-40(35)58(43,6)7)49(51)37-20-16-21-38-53(37)62(60)54-36-19-12-15-24-47(36)63-55(38)54/h10-26,29-31H,27-28H2,1-9H3. The van der Waals surface area contributed by atoms with E-state index in [1.807, 2.05) is 0 Å². The highest BCUT2D eigenvalue weighted by atomic mass is 16.3. The van der Waals surface area contributed by atoms with Crippen LogP contribution in [0.5, 0.6) is 0 Å². The minimum absolute atomic E-state index is 0.0562. The van der Waals surface area contributed by atoms with Crippen LogP contribution in [0.2, 0.25) is 0 Å². The predicted molar refractivity (Wildman–Crippen MR) is 265 cm³/mol. The van der Waals surface area contributed by atoms with Gasteiger partial charge in [0.05, 0.1) is 5.52 Å². The van der Waals surface area contributed by atoms with Crippen molar-refractivity contribution in [3.63, 3.8) is 0 Å². The number of nitrogens with zero attached hydrogens (tertiary/aromatic N) is 2. The minimum atomic E-state index is -0.246. The summed E-state index contributed by atoms with van der Waals surface area (Å²) in [4.78, 5) is 2.73. The average molecular weight is 815 g/mol. The molecule has 3 nitrogen and oxygen atoms in total. The molecule has 0 saturated carbocycles. The Labute approximate surface area is 370 Å². The van der Waals surface area contributed by atoms with Gasteiger partial charge in [-0.25, -0.2) is 0 Å². The quantitative estimate of drug-likeness (QED) is 0.154. The van der Waals surface area contributed by atoms with Crippen molar-refractivity contribution in [2.45, 2.75) is 96.8 Å². The van der Waals surface area contributed by atoms with Gasteiger partial charge in [0.2, 0.25) is 0 Å². The molecule has 4 heteroatoms. The first-order chi connectivity index (χ1) is 30.2. The predicted octanol–water partition coefficient (Wildman–Crippen LogP) is 14.2. The molecule has 4 heterocycles. The summed E-state index contributed by atoms with van der Waals surface area (Å²) in [6, 6.07) is 46.8. The summed E-state index contributed by atoms with van der Waals surface area (Å²) in [5, 5.41) is 2.35. The molecular formula is C59H51BN2O. The molecule has 14 rings (SSSR count). The van der Waals surface area contributed by atoms with Gasteiger partial charge in [0.1, 0.15) is 5.58 Å². The largest absolute Gasteiger partial charge is 0.454 e. The molecule has 0 saturated heterocycles. The van der Waals surface area contributed by atoms with E-state index < -0.39 is 0 Å². The molecule has 5 aliphatic rings. The van der Waals surface area contributed by atoms with Crippen LogP contribution in [0.3, 0.4) is 0 Å². The van der Waals surface area contributed by atoms with Gasteiger partial charge >= 0.3 is 6.85 Å². The second kappa shape index (κ2) is 11.3. The molecule has 3 aliphatic carbocycles. The summed E-state index contributed by atoms with van der Waals surface area (Å²) in [6.45, 7) is 21.9. The molecule has 0 spiro atoms. The number of anilines is 3. The van der Waals surface area contributed by atoms with Gasteiger partial charge in [-0.2, -0.15) is 0 Å². The zero-order valence-corrected chi connectivity index (χ0v) is 37.8. The number of fused-ring (bicyclic) bond motifs is 18. The Balaban J connectivity index is 1.22. The molecule has 9 aromatic rings. The molecule has 0 amide bonds. The van der Waals surface area contributed by atoms with Crippen molar-refractivity contribution in [3.05, 3.63) is 160 Å². The van der Waals surface area contributed by atoms with E-state index in [0.717, 1.165) is 11.2 Å². The van der Waals surface area contributed by atoms with Gasteiger partial charge in [-0.15, -0.1) is 0 Å². The Kier molecular flexibility index (Phi) is 6.49. The van der Waals surface area contributed by atoms with Crippen molar-refractivity contribution in [2.24, 2.45) is 0 Å². The maximum absolute atomic E-state index is 6.99. The van der Waals surface area contributed by atoms with Crippen LogP contribution in [0.4, 0.5) is 17.1 Å². The second-order valence-electron chi connectivity index (χ2n) is 21.9. The van der Waals surface area contributed by atoms with Crippen LogP contribution < -0.4 is 15.8 Å². The number of rotatable bonds is 1. The van der Waals surface area contributed by atoms with E-state index in [-0.39, 0.29) is 28.5 Å². The lowest BCUT2D eigenvalue weighted by Gasteiger charge is -2.46. The highest BCUT2D eigenvalue weighted by Gasteiger charge is 2.52. The lowest BCUT2D eigenvalue weighted by Crippen LogP contribution is -2.59. The lowest BCUT2D eigenvalue weighted by atomic mass is 9.42. The Bertz CT molecular complexity index is 3610. The van der Waals surface area contributed by atoms with E-state index in [2.05, 4.69) is 193 Å². The van der Waals surface area contributed by atoms with Gasteiger partial charge in [0.25, 0.3) is 0 Å². The molecular weight excluding hydrogens is 763 g/mol. The average Bonchev–Trinajstić information content (AvgIpc) is 3.95. The Hall–Kier alpha value is -6.26. The van der Waals surface area contributed by atoms with Crippen LogP contribution in [0.1, 0.15) is 107 Å². The fourth-order valence-electron chi connectivity index (χ4n) is 13.7. The molecule has 0 unspecified atom stereocenters. The number of furan rings is 1. The summed E-state index contributed by atoms with van der Waals surface area (Å²) in [7, 11) is 0. The third-order valence-electron chi connectivity index (χ3n) is 16.9. The summed E-state index contributed by atoms with van der Waals surface area (Å²) >= 11 is 0.